The van der Waals surface area contributed by atoms with Gasteiger partial charge in [-0.15, -0.1) is 0 Å². The number of aromatic nitrogens is 2. The summed E-state index contributed by atoms with van der Waals surface area (Å²) < 4.78 is 37.4. The van der Waals surface area contributed by atoms with Crippen LogP contribution in [0.5, 0.6) is 0 Å². The van der Waals surface area contributed by atoms with Crippen molar-refractivity contribution in [2.24, 2.45) is 5.92 Å². The monoisotopic (exact) mass is 320 g/mol. The summed E-state index contributed by atoms with van der Waals surface area (Å²) in [5.74, 6) is 0.103. The number of anilines is 1. The summed E-state index contributed by atoms with van der Waals surface area (Å²) in [7, 11) is 1.58. The molecule has 0 bridgehead atoms. The number of hydrogen-bond donors (Lipinski definition) is 2. The number of carbonyl (C=O) groups is 1. The van der Waals surface area contributed by atoms with Crippen molar-refractivity contribution in [1.29, 1.82) is 0 Å². The molecule has 1 fully saturated rings. The highest BCUT2D eigenvalue weighted by Gasteiger charge is 2.29. The van der Waals surface area contributed by atoms with Crippen molar-refractivity contribution in [3.05, 3.63) is 12.3 Å². The minimum atomic E-state index is -4.36. The van der Waals surface area contributed by atoms with Crippen LogP contribution in [-0.4, -0.2) is 51.7 Å². The lowest BCUT2D eigenvalue weighted by Gasteiger charge is -2.23. The first-order valence-electron chi connectivity index (χ1n) is 7.05. The maximum atomic E-state index is 12.2. The van der Waals surface area contributed by atoms with Crippen LogP contribution in [0.3, 0.4) is 0 Å². The summed E-state index contributed by atoms with van der Waals surface area (Å²) in [6, 6.07) is 0.846. The fourth-order valence-electron chi connectivity index (χ4n) is 2.57. The van der Waals surface area contributed by atoms with Gasteiger partial charge in [0.05, 0.1) is 6.10 Å². The number of hydrogen-bond acceptors (Lipinski definition) is 3. The second kappa shape index (κ2) is 6.55. The number of alkyl halides is 3. The average Bonchev–Trinajstić information content (AvgIpc) is 2.98. The Balaban J connectivity index is 1.86. The Morgan fingerprint density at radius 3 is 2.86 bits per heavy atom. The van der Waals surface area contributed by atoms with E-state index in [1.54, 1.807) is 7.05 Å². The smallest absolute Gasteiger partial charge is 0.393 e. The van der Waals surface area contributed by atoms with Crippen molar-refractivity contribution in [3.8, 4) is 0 Å². The molecule has 2 N–H and O–H groups in total. The fraction of sp³-hybridized carbons (Fsp3) is 0.692. The number of urea groups is 1. The number of carbonyl (C=O) groups excluding carboxylic acids is 1. The quantitative estimate of drug-likeness (QED) is 0.892. The molecule has 2 amide bonds. The van der Waals surface area contributed by atoms with Crippen molar-refractivity contribution < 1.29 is 23.1 Å². The number of nitrogens with one attached hydrogen (secondary N) is 1. The van der Waals surface area contributed by atoms with Crippen LogP contribution in [0, 0.1) is 5.92 Å². The Hall–Kier alpha value is -1.77. The van der Waals surface area contributed by atoms with E-state index in [0.717, 1.165) is 30.1 Å². The van der Waals surface area contributed by atoms with Gasteiger partial charge in [-0.1, -0.05) is 6.42 Å². The summed E-state index contributed by atoms with van der Waals surface area (Å²) >= 11 is 0. The Morgan fingerprint density at radius 2 is 2.27 bits per heavy atom. The van der Waals surface area contributed by atoms with Gasteiger partial charge < -0.3 is 10.0 Å². The lowest BCUT2D eigenvalue weighted by atomic mass is 10.1. The van der Waals surface area contributed by atoms with Gasteiger partial charge in [-0.3, -0.25) is 10.00 Å². The summed E-state index contributed by atoms with van der Waals surface area (Å²) in [6.07, 6.45) is -1.07. The van der Waals surface area contributed by atoms with Crippen LogP contribution in [0.1, 0.15) is 19.3 Å². The van der Waals surface area contributed by atoms with E-state index in [9.17, 15) is 23.1 Å². The Labute approximate surface area is 125 Å². The SMILES string of the molecule is CN(CC1CCCC1O)C(=O)Nc1ccn(CC(F)(F)F)n1. The van der Waals surface area contributed by atoms with Gasteiger partial charge in [0.2, 0.25) is 0 Å². The Morgan fingerprint density at radius 1 is 1.55 bits per heavy atom. The highest BCUT2D eigenvalue weighted by Crippen LogP contribution is 2.26. The molecule has 9 heteroatoms. The van der Waals surface area contributed by atoms with E-state index in [1.165, 1.54) is 11.0 Å². The minimum Gasteiger partial charge on any atom is -0.393 e. The van der Waals surface area contributed by atoms with E-state index < -0.39 is 24.9 Å². The second-order valence-electron chi connectivity index (χ2n) is 5.58. The second-order valence-corrected chi connectivity index (χ2v) is 5.58. The zero-order valence-corrected chi connectivity index (χ0v) is 12.2. The number of nitrogens with zero attached hydrogens (tertiary/aromatic N) is 3. The molecule has 2 unspecified atom stereocenters. The van der Waals surface area contributed by atoms with Crippen LogP contribution in [0.25, 0.3) is 0 Å². The number of amides is 2. The van der Waals surface area contributed by atoms with Gasteiger partial charge >= 0.3 is 12.2 Å². The van der Waals surface area contributed by atoms with Gasteiger partial charge in [0.1, 0.15) is 6.54 Å². The molecule has 22 heavy (non-hydrogen) atoms. The van der Waals surface area contributed by atoms with Gasteiger partial charge in [0.25, 0.3) is 0 Å². The van der Waals surface area contributed by atoms with E-state index in [-0.39, 0.29) is 11.7 Å². The first-order valence-corrected chi connectivity index (χ1v) is 7.05. The van der Waals surface area contributed by atoms with Crippen LogP contribution in [0.4, 0.5) is 23.8 Å². The molecule has 0 radical (unpaired) electrons. The Kier molecular flexibility index (Phi) is 4.94. The van der Waals surface area contributed by atoms with Gasteiger partial charge in [-0.05, 0) is 12.8 Å². The molecule has 2 atom stereocenters. The van der Waals surface area contributed by atoms with Crippen LogP contribution in [-0.2, 0) is 6.54 Å². The largest absolute Gasteiger partial charge is 0.408 e. The molecule has 124 valence electrons. The molecule has 2 rings (SSSR count). The highest BCUT2D eigenvalue weighted by atomic mass is 19.4. The van der Waals surface area contributed by atoms with E-state index in [1.807, 2.05) is 0 Å². The van der Waals surface area contributed by atoms with E-state index in [2.05, 4.69) is 10.4 Å². The van der Waals surface area contributed by atoms with Gasteiger partial charge in [-0.25, -0.2) is 4.79 Å². The van der Waals surface area contributed by atoms with Crippen molar-refractivity contribution in [2.45, 2.75) is 38.1 Å². The lowest BCUT2D eigenvalue weighted by Crippen LogP contribution is -2.37. The molecule has 0 saturated heterocycles. The molecule has 1 aromatic heterocycles. The predicted octanol–water partition coefficient (Wildman–Crippen LogP) is 2.07. The predicted molar refractivity (Wildman–Crippen MR) is 73.3 cm³/mol. The molecule has 0 aliphatic heterocycles. The van der Waals surface area contributed by atoms with Gasteiger partial charge in [0.15, 0.2) is 5.82 Å². The standard InChI is InChI=1S/C13H19F3N4O2/c1-19(7-9-3-2-4-10(9)21)12(22)17-11-5-6-20(18-11)8-13(14,15)16/h5-6,9-10,21H,2-4,7-8H2,1H3,(H,17,18,22). The molecule has 0 aromatic carbocycles. The summed E-state index contributed by atoms with van der Waals surface area (Å²) in [5, 5.41) is 15.8. The summed E-state index contributed by atoms with van der Waals surface area (Å²) in [4.78, 5) is 13.4. The van der Waals surface area contributed by atoms with E-state index in [4.69, 9.17) is 0 Å². The van der Waals surface area contributed by atoms with Crippen LogP contribution in [0.15, 0.2) is 12.3 Å². The zero-order chi connectivity index (χ0) is 16.3. The van der Waals surface area contributed by atoms with Gasteiger partial charge in [0, 0.05) is 31.8 Å². The first kappa shape index (κ1) is 16.6. The Bertz CT molecular complexity index is 518. The van der Waals surface area contributed by atoms with Crippen molar-refractivity contribution >= 4 is 11.8 Å². The molecule has 6 nitrogen and oxygen atoms in total. The topological polar surface area (TPSA) is 70.4 Å². The number of aliphatic hydroxyl groups excluding tert-OH is 1. The molecular weight excluding hydrogens is 301 g/mol. The average molecular weight is 320 g/mol. The lowest BCUT2D eigenvalue weighted by molar-refractivity contribution is -0.142. The normalized spacial score (nSPS) is 21.9. The molecule has 1 aliphatic carbocycles. The number of rotatable bonds is 4. The summed E-state index contributed by atoms with van der Waals surface area (Å²) in [5.41, 5.74) is 0. The maximum Gasteiger partial charge on any atom is 0.408 e. The number of aliphatic hydroxyl groups is 1. The molecule has 1 aromatic rings. The van der Waals surface area contributed by atoms with Crippen LogP contribution < -0.4 is 5.32 Å². The zero-order valence-electron chi connectivity index (χ0n) is 12.2. The minimum absolute atomic E-state index is 0.0403. The number of halogens is 3. The van der Waals surface area contributed by atoms with E-state index >= 15 is 0 Å². The van der Waals surface area contributed by atoms with Crippen LogP contribution in [0.2, 0.25) is 0 Å². The van der Waals surface area contributed by atoms with Gasteiger partial charge in [-0.2, -0.15) is 18.3 Å². The molecule has 1 aliphatic rings. The van der Waals surface area contributed by atoms with Crippen molar-refractivity contribution in [2.75, 3.05) is 18.9 Å². The molecular formula is C13H19F3N4O2. The maximum absolute atomic E-state index is 12.2. The third kappa shape index (κ3) is 4.62. The molecule has 1 saturated carbocycles. The van der Waals surface area contributed by atoms with Crippen LogP contribution >= 0.6 is 0 Å². The molecule has 1 heterocycles. The van der Waals surface area contributed by atoms with Crippen molar-refractivity contribution in [1.82, 2.24) is 14.7 Å². The first-order chi connectivity index (χ1) is 10.2. The van der Waals surface area contributed by atoms with Crippen molar-refractivity contribution in [3.63, 3.8) is 0 Å². The van der Waals surface area contributed by atoms with E-state index in [0.29, 0.717) is 6.54 Å². The third-order valence-electron chi connectivity index (χ3n) is 3.69. The fourth-order valence-corrected chi connectivity index (χ4v) is 2.57. The third-order valence-corrected chi connectivity index (χ3v) is 3.69. The molecule has 0 spiro atoms. The highest BCUT2D eigenvalue weighted by molar-refractivity contribution is 5.88. The summed E-state index contributed by atoms with van der Waals surface area (Å²) in [6.45, 7) is -0.802.